The summed E-state index contributed by atoms with van der Waals surface area (Å²) in [7, 11) is 1.87. The maximum absolute atomic E-state index is 3.69. The Morgan fingerprint density at radius 2 is 2.17 bits per heavy atom. The summed E-state index contributed by atoms with van der Waals surface area (Å²) in [5, 5.41) is 0. The highest BCUT2D eigenvalue weighted by Crippen LogP contribution is 2.10. The number of hydrogen-bond acceptors (Lipinski definition) is 3. The van der Waals surface area contributed by atoms with Gasteiger partial charge >= 0.3 is 0 Å². The second kappa shape index (κ2) is 7.00. The fourth-order valence-corrected chi connectivity index (χ4v) is 0.917. The fourth-order valence-electron chi connectivity index (χ4n) is 0.917. The molecule has 2 N–H and O–H groups in total. The SMILES string of the molecule is C=N/C=C/C(CNNC)C(C)C. The van der Waals surface area contributed by atoms with E-state index >= 15 is 0 Å². The van der Waals surface area contributed by atoms with Crippen LogP contribution in [0.15, 0.2) is 17.3 Å². The van der Waals surface area contributed by atoms with E-state index in [0.29, 0.717) is 11.8 Å². The van der Waals surface area contributed by atoms with Crippen molar-refractivity contribution in [2.24, 2.45) is 16.8 Å². The fraction of sp³-hybridized carbons (Fsp3) is 0.667. The van der Waals surface area contributed by atoms with E-state index in [1.807, 2.05) is 7.05 Å². The standard InChI is InChI=1S/C9H19N3/c1-8(2)9(5-6-10-3)7-12-11-4/h5-6,8-9,11-12H,3,7H2,1-2,4H3/b6-5+. The third-order valence-corrected chi connectivity index (χ3v) is 1.81. The van der Waals surface area contributed by atoms with Crippen molar-refractivity contribution < 1.29 is 0 Å². The van der Waals surface area contributed by atoms with Gasteiger partial charge in [0, 0.05) is 12.7 Å². The molecule has 0 aliphatic heterocycles. The van der Waals surface area contributed by atoms with Gasteiger partial charge in [0.25, 0.3) is 0 Å². The second-order valence-electron chi connectivity index (χ2n) is 3.06. The van der Waals surface area contributed by atoms with Gasteiger partial charge in [0.1, 0.15) is 0 Å². The highest BCUT2D eigenvalue weighted by molar-refractivity contribution is 5.25. The zero-order chi connectivity index (χ0) is 9.40. The minimum atomic E-state index is 0.503. The molecule has 0 aromatic carbocycles. The Morgan fingerprint density at radius 1 is 1.50 bits per heavy atom. The molecule has 0 aliphatic rings. The lowest BCUT2D eigenvalue weighted by Gasteiger charge is -2.16. The molecular weight excluding hydrogens is 150 g/mol. The third kappa shape index (κ3) is 5.04. The molecule has 12 heavy (non-hydrogen) atoms. The summed E-state index contributed by atoms with van der Waals surface area (Å²) < 4.78 is 0. The zero-order valence-electron chi connectivity index (χ0n) is 8.17. The Morgan fingerprint density at radius 3 is 2.58 bits per heavy atom. The van der Waals surface area contributed by atoms with Crippen molar-refractivity contribution in [2.45, 2.75) is 13.8 Å². The zero-order valence-corrected chi connectivity index (χ0v) is 8.17. The van der Waals surface area contributed by atoms with Gasteiger partial charge in [0.15, 0.2) is 0 Å². The third-order valence-electron chi connectivity index (χ3n) is 1.81. The van der Waals surface area contributed by atoms with Crippen molar-refractivity contribution in [2.75, 3.05) is 13.6 Å². The van der Waals surface area contributed by atoms with Gasteiger partial charge in [-0.25, -0.2) is 0 Å². The number of nitrogens with one attached hydrogen (secondary N) is 2. The number of hydrazine groups is 1. The lowest BCUT2D eigenvalue weighted by Crippen LogP contribution is -2.33. The molecule has 0 heterocycles. The molecule has 0 fully saturated rings. The monoisotopic (exact) mass is 169 g/mol. The van der Waals surface area contributed by atoms with Gasteiger partial charge in [-0.05, 0) is 25.6 Å². The van der Waals surface area contributed by atoms with Crippen LogP contribution in [0.5, 0.6) is 0 Å². The van der Waals surface area contributed by atoms with Crippen LogP contribution in [0.2, 0.25) is 0 Å². The topological polar surface area (TPSA) is 36.4 Å². The predicted octanol–water partition coefficient (Wildman–Crippen LogP) is 1.20. The molecule has 3 heteroatoms. The number of rotatable bonds is 6. The summed E-state index contributed by atoms with van der Waals surface area (Å²) in [5.74, 6) is 1.12. The molecule has 0 bridgehead atoms. The van der Waals surface area contributed by atoms with E-state index in [0.717, 1.165) is 6.54 Å². The van der Waals surface area contributed by atoms with Gasteiger partial charge in [-0.2, -0.15) is 0 Å². The molecule has 0 aromatic heterocycles. The summed E-state index contributed by atoms with van der Waals surface area (Å²) in [6, 6.07) is 0. The van der Waals surface area contributed by atoms with Gasteiger partial charge in [-0.15, -0.1) is 0 Å². The van der Waals surface area contributed by atoms with E-state index < -0.39 is 0 Å². The first kappa shape index (κ1) is 11.3. The molecule has 3 nitrogen and oxygen atoms in total. The Hall–Kier alpha value is -0.670. The minimum absolute atomic E-state index is 0.503. The van der Waals surface area contributed by atoms with Crippen LogP contribution < -0.4 is 10.9 Å². The van der Waals surface area contributed by atoms with Crippen LogP contribution in [0.4, 0.5) is 0 Å². The van der Waals surface area contributed by atoms with Gasteiger partial charge in [-0.1, -0.05) is 19.9 Å². The number of hydrogen-bond donors (Lipinski definition) is 2. The van der Waals surface area contributed by atoms with Crippen LogP contribution in [0, 0.1) is 11.8 Å². The molecule has 1 unspecified atom stereocenters. The van der Waals surface area contributed by atoms with Crippen LogP contribution in [0.25, 0.3) is 0 Å². The number of nitrogens with zero attached hydrogens (tertiary/aromatic N) is 1. The first-order valence-electron chi connectivity index (χ1n) is 4.24. The lowest BCUT2D eigenvalue weighted by molar-refractivity contribution is 0.413. The van der Waals surface area contributed by atoms with Crippen molar-refractivity contribution in [3.63, 3.8) is 0 Å². The summed E-state index contributed by atoms with van der Waals surface area (Å²) >= 11 is 0. The molecule has 0 spiro atoms. The van der Waals surface area contributed by atoms with Crippen molar-refractivity contribution in [3.8, 4) is 0 Å². The largest absolute Gasteiger partial charge is 0.273 e. The van der Waals surface area contributed by atoms with E-state index in [1.165, 1.54) is 0 Å². The molecule has 0 amide bonds. The Bertz CT molecular complexity index is 141. The Balaban J connectivity index is 3.86. The van der Waals surface area contributed by atoms with Crippen LogP contribution >= 0.6 is 0 Å². The van der Waals surface area contributed by atoms with Crippen molar-refractivity contribution in [3.05, 3.63) is 12.3 Å². The van der Waals surface area contributed by atoms with E-state index in [2.05, 4.69) is 42.5 Å². The molecule has 70 valence electrons. The number of aliphatic imine (C=N–C) groups is 1. The van der Waals surface area contributed by atoms with Crippen LogP contribution in [-0.2, 0) is 0 Å². The molecule has 0 aliphatic carbocycles. The van der Waals surface area contributed by atoms with E-state index in [9.17, 15) is 0 Å². The molecular formula is C9H19N3. The Kier molecular flexibility index (Phi) is 6.61. The normalized spacial score (nSPS) is 14.0. The average molecular weight is 169 g/mol. The predicted molar refractivity (Wildman–Crippen MR) is 54.1 cm³/mol. The molecule has 0 rings (SSSR count). The summed E-state index contributed by atoms with van der Waals surface area (Å²) in [6.45, 7) is 8.70. The van der Waals surface area contributed by atoms with Gasteiger partial charge in [0.2, 0.25) is 0 Å². The van der Waals surface area contributed by atoms with Gasteiger partial charge < -0.3 is 0 Å². The molecule has 0 saturated carbocycles. The molecule has 0 aromatic rings. The van der Waals surface area contributed by atoms with E-state index in [4.69, 9.17) is 0 Å². The maximum atomic E-state index is 3.69. The minimum Gasteiger partial charge on any atom is -0.273 e. The summed E-state index contributed by atoms with van der Waals surface area (Å²) in [4.78, 5) is 3.69. The summed E-state index contributed by atoms with van der Waals surface area (Å²) in [5.41, 5.74) is 5.97. The first-order valence-corrected chi connectivity index (χ1v) is 4.24. The maximum Gasteiger partial charge on any atom is 0.0224 e. The van der Waals surface area contributed by atoms with Crippen molar-refractivity contribution in [1.82, 2.24) is 10.9 Å². The Labute approximate surface area is 74.9 Å². The van der Waals surface area contributed by atoms with E-state index in [-0.39, 0.29) is 0 Å². The molecule has 0 saturated heterocycles. The van der Waals surface area contributed by atoms with Gasteiger partial charge in [0.05, 0.1) is 0 Å². The van der Waals surface area contributed by atoms with E-state index in [1.54, 1.807) is 6.20 Å². The highest BCUT2D eigenvalue weighted by atomic mass is 15.3. The van der Waals surface area contributed by atoms with Gasteiger partial charge in [-0.3, -0.25) is 15.8 Å². The highest BCUT2D eigenvalue weighted by Gasteiger charge is 2.07. The molecule has 0 radical (unpaired) electrons. The second-order valence-corrected chi connectivity index (χ2v) is 3.06. The summed E-state index contributed by atoms with van der Waals surface area (Å²) in [6.07, 6.45) is 3.82. The van der Waals surface area contributed by atoms with Crippen molar-refractivity contribution >= 4 is 6.72 Å². The van der Waals surface area contributed by atoms with Crippen LogP contribution in [0.1, 0.15) is 13.8 Å². The van der Waals surface area contributed by atoms with Crippen molar-refractivity contribution in [1.29, 1.82) is 0 Å². The first-order chi connectivity index (χ1) is 5.72. The lowest BCUT2D eigenvalue weighted by atomic mass is 9.96. The van der Waals surface area contributed by atoms with Crippen LogP contribution in [-0.4, -0.2) is 20.3 Å². The van der Waals surface area contributed by atoms with Crippen LogP contribution in [0.3, 0.4) is 0 Å². The quantitative estimate of drug-likeness (QED) is 0.463. The molecule has 1 atom stereocenters. The average Bonchev–Trinajstić information content (AvgIpc) is 2.04. The smallest absolute Gasteiger partial charge is 0.0224 e.